The van der Waals surface area contributed by atoms with E-state index in [1.807, 2.05) is 4.90 Å². The number of thioether (sulfide) groups is 1. The summed E-state index contributed by atoms with van der Waals surface area (Å²) in [4.78, 5) is 27.9. The van der Waals surface area contributed by atoms with Crippen molar-refractivity contribution < 1.29 is 18.0 Å². The Bertz CT molecular complexity index is 1160. The first-order chi connectivity index (χ1) is 15.2. The van der Waals surface area contributed by atoms with Gasteiger partial charge in [-0.25, -0.2) is 8.42 Å². The molecule has 2 amide bonds. The minimum Gasteiger partial charge on any atom is -0.343 e. The summed E-state index contributed by atoms with van der Waals surface area (Å²) in [5.41, 5.74) is 1.57. The SMILES string of the molecule is Cc1cc(Cl)ccc1NS(=O)(=O)c1ccc2c(c1)NC(=O)[C@H](CC(=O)N1CCCC1)CS2. The summed E-state index contributed by atoms with van der Waals surface area (Å²) < 4.78 is 28.4. The fourth-order valence-corrected chi connectivity index (χ4v) is 6.27. The Morgan fingerprint density at radius 2 is 1.97 bits per heavy atom. The lowest BCUT2D eigenvalue weighted by Gasteiger charge is -2.18. The standard InChI is InChI=1S/C22H24ClN3O4S2/c1-14-10-16(23)4-6-18(14)25-32(29,30)17-5-7-20-19(12-17)24-22(28)15(13-31-20)11-21(27)26-8-2-3-9-26/h4-7,10,12,15,25H,2-3,8-9,11,13H2,1H3,(H,24,28)/t15-/m1/s1. The number of halogens is 1. The molecular formula is C22H24ClN3O4S2. The van der Waals surface area contributed by atoms with Crippen molar-refractivity contribution >= 4 is 56.6 Å². The fraction of sp³-hybridized carbons (Fsp3) is 0.364. The van der Waals surface area contributed by atoms with Crippen LogP contribution in [-0.2, 0) is 19.6 Å². The molecule has 0 aromatic heterocycles. The average Bonchev–Trinajstić information content (AvgIpc) is 3.23. The summed E-state index contributed by atoms with van der Waals surface area (Å²) >= 11 is 7.40. The summed E-state index contributed by atoms with van der Waals surface area (Å²) in [5.74, 6) is -0.262. The summed E-state index contributed by atoms with van der Waals surface area (Å²) in [6.07, 6.45) is 2.17. The molecule has 0 aliphatic carbocycles. The molecule has 2 aromatic rings. The van der Waals surface area contributed by atoms with Crippen molar-refractivity contribution in [1.82, 2.24) is 4.90 Å². The molecule has 2 aromatic carbocycles. The first-order valence-corrected chi connectivity index (χ1v) is 13.2. The molecule has 170 valence electrons. The van der Waals surface area contributed by atoms with Gasteiger partial charge in [-0.15, -0.1) is 11.8 Å². The van der Waals surface area contributed by atoms with E-state index < -0.39 is 15.9 Å². The number of amides is 2. The number of likely N-dealkylation sites (tertiary alicyclic amines) is 1. The van der Waals surface area contributed by atoms with Crippen molar-refractivity contribution in [2.75, 3.05) is 28.9 Å². The Morgan fingerprint density at radius 1 is 1.22 bits per heavy atom. The maximum atomic E-state index is 12.9. The lowest BCUT2D eigenvalue weighted by atomic mass is 10.1. The van der Waals surface area contributed by atoms with E-state index in [4.69, 9.17) is 11.6 Å². The summed E-state index contributed by atoms with van der Waals surface area (Å²) in [6, 6.07) is 9.56. The topological polar surface area (TPSA) is 95.6 Å². The highest BCUT2D eigenvalue weighted by Gasteiger charge is 2.30. The molecular weight excluding hydrogens is 470 g/mol. The largest absolute Gasteiger partial charge is 0.343 e. The monoisotopic (exact) mass is 493 g/mol. The van der Waals surface area contributed by atoms with E-state index in [-0.39, 0.29) is 23.1 Å². The van der Waals surface area contributed by atoms with Crippen molar-refractivity contribution in [3.05, 3.63) is 47.0 Å². The van der Waals surface area contributed by atoms with Crippen molar-refractivity contribution in [2.45, 2.75) is 36.0 Å². The number of nitrogens with zero attached hydrogens (tertiary/aromatic N) is 1. The van der Waals surface area contributed by atoms with Crippen LogP contribution in [0.3, 0.4) is 0 Å². The molecule has 10 heteroatoms. The Labute approximate surface area is 196 Å². The summed E-state index contributed by atoms with van der Waals surface area (Å²) in [7, 11) is -3.87. The second-order valence-corrected chi connectivity index (χ2v) is 11.2. The maximum absolute atomic E-state index is 12.9. The summed E-state index contributed by atoms with van der Waals surface area (Å²) in [5, 5.41) is 3.34. The predicted molar refractivity (Wildman–Crippen MR) is 127 cm³/mol. The molecule has 2 aliphatic rings. The van der Waals surface area contributed by atoms with E-state index in [9.17, 15) is 18.0 Å². The Morgan fingerprint density at radius 3 is 2.69 bits per heavy atom. The van der Waals surface area contributed by atoms with Crippen molar-refractivity contribution in [3.63, 3.8) is 0 Å². The molecule has 4 rings (SSSR count). The number of benzene rings is 2. The Balaban J connectivity index is 1.50. The average molecular weight is 494 g/mol. The number of hydrogen-bond acceptors (Lipinski definition) is 5. The Hall–Kier alpha value is -2.23. The third-order valence-corrected chi connectivity index (χ3v) is 8.48. The maximum Gasteiger partial charge on any atom is 0.261 e. The van der Waals surface area contributed by atoms with Crippen LogP contribution in [-0.4, -0.2) is 44.0 Å². The third kappa shape index (κ3) is 5.05. The van der Waals surface area contributed by atoms with Crippen molar-refractivity contribution in [3.8, 4) is 0 Å². The minimum absolute atomic E-state index is 0.00000672. The molecule has 0 bridgehead atoms. The molecule has 1 atom stereocenters. The van der Waals surface area contributed by atoms with Gasteiger partial charge < -0.3 is 10.2 Å². The van der Waals surface area contributed by atoms with Crippen LogP contribution < -0.4 is 10.0 Å². The van der Waals surface area contributed by atoms with Gasteiger partial charge in [0, 0.05) is 35.2 Å². The van der Waals surface area contributed by atoms with Crippen LogP contribution in [0.25, 0.3) is 0 Å². The van der Waals surface area contributed by atoms with Crippen LogP contribution in [0.5, 0.6) is 0 Å². The highest BCUT2D eigenvalue weighted by molar-refractivity contribution is 7.99. The molecule has 0 saturated carbocycles. The first kappa shape index (κ1) is 22.9. The molecule has 2 N–H and O–H groups in total. The third-order valence-electron chi connectivity index (χ3n) is 5.64. The van der Waals surface area contributed by atoms with Crippen molar-refractivity contribution in [2.24, 2.45) is 5.92 Å². The van der Waals surface area contributed by atoms with E-state index in [0.29, 0.717) is 27.7 Å². The molecule has 0 unspecified atom stereocenters. The van der Waals surface area contributed by atoms with Gasteiger partial charge in [0.25, 0.3) is 10.0 Å². The number of fused-ring (bicyclic) bond motifs is 1. The molecule has 0 spiro atoms. The molecule has 2 aliphatic heterocycles. The smallest absolute Gasteiger partial charge is 0.261 e. The van der Waals surface area contributed by atoms with Gasteiger partial charge in [-0.3, -0.25) is 14.3 Å². The first-order valence-electron chi connectivity index (χ1n) is 10.4. The quantitative estimate of drug-likeness (QED) is 0.653. The van der Waals surface area contributed by atoms with E-state index in [0.717, 1.165) is 30.8 Å². The van der Waals surface area contributed by atoms with E-state index >= 15 is 0 Å². The van der Waals surface area contributed by atoms with Crippen molar-refractivity contribution in [1.29, 1.82) is 0 Å². The van der Waals surface area contributed by atoms with Crippen LogP contribution in [0.1, 0.15) is 24.8 Å². The van der Waals surface area contributed by atoms with E-state index in [2.05, 4.69) is 10.0 Å². The van der Waals surface area contributed by atoms with Gasteiger partial charge in [0.2, 0.25) is 11.8 Å². The Kier molecular flexibility index (Phi) is 6.69. The molecule has 32 heavy (non-hydrogen) atoms. The normalized spacial score (nSPS) is 18.6. The number of hydrogen-bond donors (Lipinski definition) is 2. The van der Waals surface area contributed by atoms with E-state index in [1.165, 1.54) is 23.9 Å². The van der Waals surface area contributed by atoms with Gasteiger partial charge in [-0.05, 0) is 61.7 Å². The number of anilines is 2. The zero-order valence-corrected chi connectivity index (χ0v) is 19.9. The van der Waals surface area contributed by atoms with Crippen LogP contribution in [0.2, 0.25) is 5.02 Å². The fourth-order valence-electron chi connectivity index (χ4n) is 3.80. The number of carbonyl (C=O) groups is 2. The lowest BCUT2D eigenvalue weighted by molar-refractivity contribution is -0.133. The van der Waals surface area contributed by atoms with E-state index in [1.54, 1.807) is 31.2 Å². The van der Waals surface area contributed by atoms with Gasteiger partial charge in [0.1, 0.15) is 0 Å². The van der Waals surface area contributed by atoms with Gasteiger partial charge in [0.05, 0.1) is 22.2 Å². The molecule has 1 saturated heterocycles. The van der Waals surface area contributed by atoms with Gasteiger partial charge in [0.15, 0.2) is 0 Å². The van der Waals surface area contributed by atoms with Gasteiger partial charge in [-0.2, -0.15) is 0 Å². The number of rotatable bonds is 5. The van der Waals surface area contributed by atoms with Gasteiger partial charge >= 0.3 is 0 Å². The lowest BCUT2D eigenvalue weighted by Crippen LogP contribution is -2.33. The number of carbonyl (C=O) groups excluding carboxylic acids is 2. The molecule has 0 radical (unpaired) electrons. The highest BCUT2D eigenvalue weighted by atomic mass is 35.5. The number of aryl methyl sites for hydroxylation is 1. The minimum atomic E-state index is -3.87. The number of nitrogens with one attached hydrogen (secondary N) is 2. The van der Waals surface area contributed by atoms with Crippen LogP contribution in [0.15, 0.2) is 46.2 Å². The van der Waals surface area contributed by atoms with Gasteiger partial charge in [-0.1, -0.05) is 11.6 Å². The van der Waals surface area contributed by atoms with Crippen LogP contribution >= 0.6 is 23.4 Å². The second-order valence-electron chi connectivity index (χ2n) is 8.01. The van der Waals surface area contributed by atoms with Crippen LogP contribution in [0.4, 0.5) is 11.4 Å². The van der Waals surface area contributed by atoms with Crippen LogP contribution in [0, 0.1) is 12.8 Å². The molecule has 2 heterocycles. The highest BCUT2D eigenvalue weighted by Crippen LogP contribution is 2.36. The predicted octanol–water partition coefficient (Wildman–Crippen LogP) is 4.12. The summed E-state index contributed by atoms with van der Waals surface area (Å²) in [6.45, 7) is 3.27. The second kappa shape index (κ2) is 9.33. The molecule has 7 nitrogen and oxygen atoms in total. The zero-order chi connectivity index (χ0) is 22.9. The number of sulfonamides is 1. The zero-order valence-electron chi connectivity index (χ0n) is 17.6. The molecule has 1 fully saturated rings.